The van der Waals surface area contributed by atoms with E-state index in [9.17, 15) is 9.18 Å². The molecule has 0 saturated carbocycles. The Morgan fingerprint density at radius 2 is 1.76 bits per heavy atom. The van der Waals surface area contributed by atoms with Gasteiger partial charge in [-0.25, -0.2) is 13.8 Å². The lowest BCUT2D eigenvalue weighted by Crippen LogP contribution is -2.36. The zero-order chi connectivity index (χ0) is 23.1. The van der Waals surface area contributed by atoms with Crippen LogP contribution in [0.5, 0.6) is 0 Å². The number of amides is 1. The predicted molar refractivity (Wildman–Crippen MR) is 125 cm³/mol. The normalized spacial score (nSPS) is 14.6. The van der Waals surface area contributed by atoms with Crippen LogP contribution in [0.15, 0.2) is 71.3 Å². The first-order valence-corrected chi connectivity index (χ1v) is 11.2. The summed E-state index contributed by atoms with van der Waals surface area (Å²) in [5.74, 6) is 1.05. The van der Waals surface area contributed by atoms with Crippen molar-refractivity contribution in [2.45, 2.75) is 6.42 Å². The van der Waals surface area contributed by atoms with Gasteiger partial charge in [0, 0.05) is 31.6 Å². The monoisotopic (exact) mass is 456 g/mol. The predicted octanol–water partition coefficient (Wildman–Crippen LogP) is 4.03. The lowest BCUT2D eigenvalue weighted by atomic mass is 10.2. The summed E-state index contributed by atoms with van der Waals surface area (Å²) in [7, 11) is 0. The zero-order valence-electron chi connectivity index (χ0n) is 18.3. The largest absolute Gasteiger partial charge is 0.461 e. The molecule has 0 unspecified atom stereocenters. The molecule has 1 saturated heterocycles. The number of carbonyl (C=O) groups is 1. The SMILES string of the molecule is O=C(c1ccccc1F)N1CCCN(c2nc3ccccc3c3nnc(-c4ccco4)n23)CC1. The lowest BCUT2D eigenvalue weighted by molar-refractivity contribution is 0.0762. The average Bonchev–Trinajstić information content (AvgIpc) is 3.48. The smallest absolute Gasteiger partial charge is 0.256 e. The molecule has 0 radical (unpaired) electrons. The van der Waals surface area contributed by atoms with Crippen LogP contribution in [0.25, 0.3) is 28.1 Å². The number of hydrogen-bond acceptors (Lipinski definition) is 6. The Morgan fingerprint density at radius 1 is 0.912 bits per heavy atom. The Morgan fingerprint density at radius 3 is 2.62 bits per heavy atom. The van der Waals surface area contributed by atoms with Crippen molar-refractivity contribution >= 4 is 28.4 Å². The minimum Gasteiger partial charge on any atom is -0.461 e. The van der Waals surface area contributed by atoms with E-state index >= 15 is 0 Å². The number of aromatic nitrogens is 4. The molecule has 34 heavy (non-hydrogen) atoms. The molecule has 9 heteroatoms. The Bertz CT molecular complexity index is 1500. The van der Waals surface area contributed by atoms with Crippen LogP contribution in [-0.4, -0.2) is 56.6 Å². The maximum absolute atomic E-state index is 14.2. The third-order valence-corrected chi connectivity index (χ3v) is 6.14. The summed E-state index contributed by atoms with van der Waals surface area (Å²) >= 11 is 0. The van der Waals surface area contributed by atoms with Crippen molar-refractivity contribution in [1.82, 2.24) is 24.5 Å². The maximum atomic E-state index is 14.2. The lowest BCUT2D eigenvalue weighted by Gasteiger charge is -2.24. The first-order valence-electron chi connectivity index (χ1n) is 11.2. The fourth-order valence-corrected chi connectivity index (χ4v) is 4.47. The second kappa shape index (κ2) is 8.26. The van der Waals surface area contributed by atoms with Crippen molar-refractivity contribution in [3.63, 3.8) is 0 Å². The van der Waals surface area contributed by atoms with Gasteiger partial charge in [0.1, 0.15) is 5.82 Å². The van der Waals surface area contributed by atoms with Crippen molar-refractivity contribution in [1.29, 1.82) is 0 Å². The summed E-state index contributed by atoms with van der Waals surface area (Å²) in [6.07, 6.45) is 2.32. The van der Waals surface area contributed by atoms with E-state index in [1.54, 1.807) is 23.3 Å². The summed E-state index contributed by atoms with van der Waals surface area (Å²) in [6, 6.07) is 17.6. The molecule has 2 aromatic carbocycles. The van der Waals surface area contributed by atoms with Gasteiger partial charge in [-0.2, -0.15) is 0 Å². The van der Waals surface area contributed by atoms with Gasteiger partial charge in [0.15, 0.2) is 11.4 Å². The highest BCUT2D eigenvalue weighted by molar-refractivity contribution is 5.95. The van der Waals surface area contributed by atoms with E-state index in [-0.39, 0.29) is 11.5 Å². The number of benzene rings is 2. The number of halogens is 1. The third-order valence-electron chi connectivity index (χ3n) is 6.14. The van der Waals surface area contributed by atoms with Crippen LogP contribution in [0.2, 0.25) is 0 Å². The van der Waals surface area contributed by atoms with Gasteiger partial charge in [-0.15, -0.1) is 10.2 Å². The Hall–Kier alpha value is -4.27. The Balaban J connectivity index is 1.39. The molecular formula is C25H21FN6O2. The van der Waals surface area contributed by atoms with Gasteiger partial charge in [0.25, 0.3) is 5.91 Å². The Labute approximate surface area is 194 Å². The van der Waals surface area contributed by atoms with Gasteiger partial charge in [0.05, 0.1) is 17.3 Å². The van der Waals surface area contributed by atoms with Gasteiger partial charge in [-0.05, 0) is 42.8 Å². The number of para-hydroxylation sites is 1. The highest BCUT2D eigenvalue weighted by atomic mass is 19.1. The number of rotatable bonds is 3. The molecule has 0 aliphatic carbocycles. The maximum Gasteiger partial charge on any atom is 0.256 e. The quantitative estimate of drug-likeness (QED) is 0.408. The van der Waals surface area contributed by atoms with E-state index in [2.05, 4.69) is 15.1 Å². The van der Waals surface area contributed by atoms with Crippen LogP contribution in [0.4, 0.5) is 10.3 Å². The number of carbonyl (C=O) groups excluding carboxylic acids is 1. The third kappa shape index (κ3) is 3.37. The second-order valence-electron chi connectivity index (χ2n) is 8.20. The molecule has 8 nitrogen and oxygen atoms in total. The molecule has 4 heterocycles. The Kier molecular flexibility index (Phi) is 4.94. The molecule has 170 valence electrons. The fraction of sp³-hybridized carbons (Fsp3) is 0.200. The van der Waals surface area contributed by atoms with Crippen molar-refractivity contribution in [2.24, 2.45) is 0 Å². The van der Waals surface area contributed by atoms with E-state index < -0.39 is 5.82 Å². The standard InChI is InChI=1S/C25H21FN6O2/c26-19-9-3-1-7-17(19)24(33)30-12-6-13-31(15-14-30)25-27-20-10-4-2-8-18(20)22-28-29-23(32(22)25)21-11-5-16-34-21/h1-5,7-11,16H,6,12-15H2. The number of furan rings is 1. The summed E-state index contributed by atoms with van der Waals surface area (Å²) in [6.45, 7) is 2.20. The highest BCUT2D eigenvalue weighted by Crippen LogP contribution is 2.29. The molecule has 5 aromatic rings. The van der Waals surface area contributed by atoms with Crippen LogP contribution < -0.4 is 4.90 Å². The first-order chi connectivity index (χ1) is 16.7. The molecule has 0 N–H and O–H groups in total. The molecule has 3 aromatic heterocycles. The summed E-state index contributed by atoms with van der Waals surface area (Å²) in [4.78, 5) is 21.8. The highest BCUT2D eigenvalue weighted by Gasteiger charge is 2.26. The zero-order valence-corrected chi connectivity index (χ0v) is 18.3. The molecular weight excluding hydrogens is 435 g/mol. The fourth-order valence-electron chi connectivity index (χ4n) is 4.47. The summed E-state index contributed by atoms with van der Waals surface area (Å²) < 4.78 is 21.7. The molecule has 1 aliphatic heterocycles. The first kappa shape index (κ1) is 20.3. The van der Waals surface area contributed by atoms with Crippen LogP contribution in [-0.2, 0) is 0 Å². The number of fused-ring (bicyclic) bond motifs is 3. The van der Waals surface area contributed by atoms with Crippen LogP contribution in [0, 0.1) is 5.82 Å². The van der Waals surface area contributed by atoms with E-state index in [1.165, 1.54) is 12.1 Å². The molecule has 1 aliphatic rings. The van der Waals surface area contributed by atoms with Gasteiger partial charge < -0.3 is 14.2 Å². The molecule has 1 amide bonds. The topological polar surface area (TPSA) is 79.8 Å². The molecule has 1 fully saturated rings. The van der Waals surface area contributed by atoms with Crippen LogP contribution in [0.3, 0.4) is 0 Å². The molecule has 0 spiro atoms. The second-order valence-corrected chi connectivity index (χ2v) is 8.20. The molecule has 0 atom stereocenters. The van der Waals surface area contributed by atoms with Crippen molar-refractivity contribution in [3.05, 3.63) is 78.3 Å². The summed E-state index contributed by atoms with van der Waals surface area (Å²) in [5, 5.41) is 9.75. The molecule has 0 bridgehead atoms. The van der Waals surface area contributed by atoms with Gasteiger partial charge >= 0.3 is 0 Å². The minimum absolute atomic E-state index is 0.0982. The van der Waals surface area contributed by atoms with E-state index in [4.69, 9.17) is 9.40 Å². The average molecular weight is 456 g/mol. The minimum atomic E-state index is -0.501. The van der Waals surface area contributed by atoms with Crippen LogP contribution in [0.1, 0.15) is 16.8 Å². The van der Waals surface area contributed by atoms with E-state index in [0.29, 0.717) is 55.8 Å². The van der Waals surface area contributed by atoms with Crippen LogP contribution >= 0.6 is 0 Å². The van der Waals surface area contributed by atoms with E-state index in [1.807, 2.05) is 40.8 Å². The van der Waals surface area contributed by atoms with Gasteiger partial charge in [0.2, 0.25) is 11.8 Å². The molecule has 6 rings (SSSR count). The van der Waals surface area contributed by atoms with Gasteiger partial charge in [-0.3, -0.25) is 4.79 Å². The van der Waals surface area contributed by atoms with Gasteiger partial charge in [-0.1, -0.05) is 24.3 Å². The summed E-state index contributed by atoms with van der Waals surface area (Å²) in [5.41, 5.74) is 1.60. The van der Waals surface area contributed by atoms with Crippen molar-refractivity contribution in [3.8, 4) is 11.6 Å². The number of hydrogen-bond donors (Lipinski definition) is 0. The van der Waals surface area contributed by atoms with Crippen molar-refractivity contribution in [2.75, 3.05) is 31.1 Å². The van der Waals surface area contributed by atoms with E-state index in [0.717, 1.165) is 10.9 Å². The number of nitrogens with zero attached hydrogens (tertiary/aromatic N) is 6. The van der Waals surface area contributed by atoms with Crippen molar-refractivity contribution < 1.29 is 13.6 Å². The number of anilines is 1.